The summed E-state index contributed by atoms with van der Waals surface area (Å²) < 4.78 is 0. The van der Waals surface area contributed by atoms with Crippen molar-refractivity contribution in [3.05, 3.63) is 29.3 Å². The van der Waals surface area contributed by atoms with Gasteiger partial charge in [0.25, 0.3) is 0 Å². The Morgan fingerprint density at radius 2 is 1.83 bits per heavy atom. The van der Waals surface area contributed by atoms with Crippen LogP contribution < -0.4 is 10.6 Å². The van der Waals surface area contributed by atoms with Crippen molar-refractivity contribution in [1.82, 2.24) is 5.32 Å². The van der Waals surface area contributed by atoms with Gasteiger partial charge in [0.15, 0.2) is 0 Å². The lowest BCUT2D eigenvalue weighted by molar-refractivity contribution is -0.117. The van der Waals surface area contributed by atoms with Gasteiger partial charge in [0.05, 0.1) is 0 Å². The minimum Gasteiger partial charge on any atom is -0.326 e. The van der Waals surface area contributed by atoms with Crippen molar-refractivity contribution in [3.8, 4) is 0 Å². The lowest BCUT2D eigenvalue weighted by Gasteiger charge is -2.22. The molecule has 0 radical (unpaired) electrons. The van der Waals surface area contributed by atoms with E-state index in [9.17, 15) is 4.79 Å². The molecule has 0 spiro atoms. The fourth-order valence-electron chi connectivity index (χ4n) is 2.61. The van der Waals surface area contributed by atoms with E-state index in [4.69, 9.17) is 0 Å². The second kappa shape index (κ2) is 6.01. The van der Waals surface area contributed by atoms with Crippen molar-refractivity contribution in [3.63, 3.8) is 0 Å². The minimum atomic E-state index is 0.145. The third-order valence-electron chi connectivity index (χ3n) is 3.44. The number of nitrogens with one attached hydrogen (secondary N) is 2. The average molecular weight is 246 g/mol. The van der Waals surface area contributed by atoms with Crippen molar-refractivity contribution in [1.29, 1.82) is 0 Å². The van der Waals surface area contributed by atoms with Gasteiger partial charge in [0.1, 0.15) is 0 Å². The van der Waals surface area contributed by atoms with Crippen LogP contribution in [0.4, 0.5) is 5.69 Å². The lowest BCUT2D eigenvalue weighted by atomic mass is 9.94. The summed E-state index contributed by atoms with van der Waals surface area (Å²) in [6.07, 6.45) is 2.87. The van der Waals surface area contributed by atoms with Gasteiger partial charge >= 0.3 is 0 Å². The molecule has 0 atom stereocenters. The molecule has 18 heavy (non-hydrogen) atoms. The van der Waals surface area contributed by atoms with Crippen LogP contribution in [0.15, 0.2) is 18.2 Å². The smallest absolute Gasteiger partial charge is 0.224 e. The molecule has 2 rings (SSSR count). The second-order valence-electron chi connectivity index (χ2n) is 5.32. The van der Waals surface area contributed by atoms with Gasteiger partial charge < -0.3 is 10.6 Å². The van der Waals surface area contributed by atoms with Gasteiger partial charge in [-0.1, -0.05) is 6.07 Å². The molecule has 1 heterocycles. The topological polar surface area (TPSA) is 41.1 Å². The fourth-order valence-corrected chi connectivity index (χ4v) is 2.61. The maximum atomic E-state index is 12.0. The third-order valence-corrected chi connectivity index (χ3v) is 3.44. The van der Waals surface area contributed by atoms with E-state index in [0.29, 0.717) is 12.3 Å². The quantitative estimate of drug-likeness (QED) is 0.861. The standard InChI is InChI=1S/C15H22N2O/c1-11-7-12(2)9-14(8-11)17-15(18)10-13-3-5-16-6-4-13/h7-9,13,16H,3-6,10H2,1-2H3,(H,17,18). The Kier molecular flexibility index (Phi) is 4.37. The first-order valence-corrected chi connectivity index (χ1v) is 6.72. The largest absolute Gasteiger partial charge is 0.326 e. The highest BCUT2D eigenvalue weighted by molar-refractivity contribution is 5.91. The fraction of sp³-hybridized carbons (Fsp3) is 0.533. The highest BCUT2D eigenvalue weighted by Crippen LogP contribution is 2.18. The molecule has 3 nitrogen and oxygen atoms in total. The van der Waals surface area contributed by atoms with Crippen molar-refractivity contribution in [2.75, 3.05) is 18.4 Å². The Labute approximate surface area is 109 Å². The van der Waals surface area contributed by atoms with Crippen LogP contribution in [0.1, 0.15) is 30.4 Å². The van der Waals surface area contributed by atoms with Crippen LogP contribution in [0.5, 0.6) is 0 Å². The molecule has 1 saturated heterocycles. The summed E-state index contributed by atoms with van der Waals surface area (Å²) in [5.74, 6) is 0.684. The van der Waals surface area contributed by atoms with Crippen LogP contribution >= 0.6 is 0 Å². The van der Waals surface area contributed by atoms with Gasteiger partial charge in [0, 0.05) is 12.1 Å². The molecule has 0 aromatic heterocycles. The van der Waals surface area contributed by atoms with Gasteiger partial charge in [-0.15, -0.1) is 0 Å². The molecule has 0 unspecified atom stereocenters. The number of piperidine rings is 1. The number of carbonyl (C=O) groups is 1. The van der Waals surface area contributed by atoms with Crippen LogP contribution in [0.3, 0.4) is 0 Å². The van der Waals surface area contributed by atoms with Gasteiger partial charge in [-0.2, -0.15) is 0 Å². The monoisotopic (exact) mass is 246 g/mol. The molecule has 1 aromatic carbocycles. The van der Waals surface area contributed by atoms with E-state index in [-0.39, 0.29) is 5.91 Å². The highest BCUT2D eigenvalue weighted by Gasteiger charge is 2.16. The van der Waals surface area contributed by atoms with Crippen LogP contribution in [-0.2, 0) is 4.79 Å². The van der Waals surface area contributed by atoms with E-state index < -0.39 is 0 Å². The molecular weight excluding hydrogens is 224 g/mol. The zero-order valence-corrected chi connectivity index (χ0v) is 11.3. The van der Waals surface area contributed by atoms with E-state index >= 15 is 0 Å². The first-order valence-electron chi connectivity index (χ1n) is 6.72. The number of benzene rings is 1. The van der Waals surface area contributed by atoms with Crippen LogP contribution in [-0.4, -0.2) is 19.0 Å². The number of hydrogen-bond acceptors (Lipinski definition) is 2. The molecule has 1 aliphatic heterocycles. The molecule has 2 N–H and O–H groups in total. The lowest BCUT2D eigenvalue weighted by Crippen LogP contribution is -2.30. The molecule has 1 aliphatic rings. The molecular formula is C15H22N2O. The molecule has 98 valence electrons. The number of anilines is 1. The van der Waals surface area contributed by atoms with Crippen molar-refractivity contribution in [2.24, 2.45) is 5.92 Å². The molecule has 1 aromatic rings. The molecule has 1 fully saturated rings. The summed E-state index contributed by atoms with van der Waals surface area (Å²) in [7, 11) is 0. The van der Waals surface area contributed by atoms with E-state index in [1.165, 1.54) is 11.1 Å². The SMILES string of the molecule is Cc1cc(C)cc(NC(=O)CC2CCNCC2)c1. The Hall–Kier alpha value is -1.35. The predicted octanol–water partition coefficient (Wildman–Crippen LogP) is 2.63. The first-order chi connectivity index (χ1) is 8.63. The zero-order chi connectivity index (χ0) is 13.0. The number of aryl methyl sites for hydroxylation is 2. The van der Waals surface area contributed by atoms with Crippen LogP contribution in [0.25, 0.3) is 0 Å². The Balaban J connectivity index is 1.89. The van der Waals surface area contributed by atoms with Crippen LogP contribution in [0.2, 0.25) is 0 Å². The van der Waals surface area contributed by atoms with Gasteiger partial charge in [-0.3, -0.25) is 4.79 Å². The maximum Gasteiger partial charge on any atom is 0.224 e. The van der Waals surface area contributed by atoms with Crippen molar-refractivity contribution < 1.29 is 4.79 Å². The highest BCUT2D eigenvalue weighted by atomic mass is 16.1. The second-order valence-corrected chi connectivity index (χ2v) is 5.32. The Bertz CT molecular complexity index is 402. The minimum absolute atomic E-state index is 0.145. The van der Waals surface area contributed by atoms with Crippen LogP contribution in [0, 0.1) is 19.8 Å². The summed E-state index contributed by atoms with van der Waals surface area (Å²) in [5, 5.41) is 6.33. The van der Waals surface area contributed by atoms with E-state index in [1.54, 1.807) is 0 Å². The molecule has 1 amide bonds. The third kappa shape index (κ3) is 3.84. The van der Waals surface area contributed by atoms with Crippen molar-refractivity contribution in [2.45, 2.75) is 33.1 Å². The normalized spacial score (nSPS) is 16.6. The summed E-state index contributed by atoms with van der Waals surface area (Å²) in [6.45, 7) is 6.19. The zero-order valence-electron chi connectivity index (χ0n) is 11.3. The van der Waals surface area contributed by atoms with Gasteiger partial charge in [-0.05, 0) is 69.0 Å². The van der Waals surface area contributed by atoms with E-state index in [1.807, 2.05) is 12.1 Å². The van der Waals surface area contributed by atoms with Gasteiger partial charge in [0.2, 0.25) is 5.91 Å². The summed E-state index contributed by atoms with van der Waals surface area (Å²) >= 11 is 0. The average Bonchev–Trinajstić information content (AvgIpc) is 2.28. The molecule has 0 bridgehead atoms. The molecule has 0 aliphatic carbocycles. The summed E-state index contributed by atoms with van der Waals surface area (Å²) in [4.78, 5) is 12.0. The molecule has 0 saturated carbocycles. The number of amides is 1. The Morgan fingerprint density at radius 1 is 1.22 bits per heavy atom. The predicted molar refractivity (Wildman–Crippen MR) is 74.8 cm³/mol. The Morgan fingerprint density at radius 3 is 2.44 bits per heavy atom. The first kappa shape index (κ1) is 13.1. The maximum absolute atomic E-state index is 12.0. The summed E-state index contributed by atoms with van der Waals surface area (Å²) in [5.41, 5.74) is 3.30. The number of hydrogen-bond donors (Lipinski definition) is 2. The number of rotatable bonds is 3. The summed E-state index contributed by atoms with van der Waals surface area (Å²) in [6, 6.07) is 6.16. The van der Waals surface area contributed by atoms with E-state index in [2.05, 4.69) is 30.5 Å². The molecule has 3 heteroatoms. The van der Waals surface area contributed by atoms with Gasteiger partial charge in [-0.25, -0.2) is 0 Å². The number of carbonyl (C=O) groups excluding carboxylic acids is 1. The van der Waals surface area contributed by atoms with E-state index in [0.717, 1.165) is 31.6 Å². The van der Waals surface area contributed by atoms with Crippen molar-refractivity contribution >= 4 is 11.6 Å².